The van der Waals surface area contributed by atoms with Crippen molar-refractivity contribution < 1.29 is 18.4 Å². The van der Waals surface area contributed by atoms with Crippen LogP contribution in [0.15, 0.2) is 51.9 Å². The Bertz CT molecular complexity index is 1120. The third kappa shape index (κ3) is 4.04. The molecule has 0 bridgehead atoms. The number of aromatic nitrogens is 2. The van der Waals surface area contributed by atoms with Crippen LogP contribution >= 0.6 is 0 Å². The van der Waals surface area contributed by atoms with E-state index in [1.54, 1.807) is 19.2 Å². The molecule has 30 heavy (non-hydrogen) atoms. The van der Waals surface area contributed by atoms with Gasteiger partial charge in [0.1, 0.15) is 17.1 Å². The predicted octanol–water partition coefficient (Wildman–Crippen LogP) is 2.57. The number of nitrogens with one attached hydrogen (secondary N) is 1. The number of halogens is 1. The highest BCUT2D eigenvalue weighted by molar-refractivity contribution is 5.95. The number of amides is 1. The maximum Gasteiger partial charge on any atom is 0.268 e. The Morgan fingerprint density at radius 2 is 2.00 bits per heavy atom. The summed E-state index contributed by atoms with van der Waals surface area (Å²) in [7, 11) is 0. The van der Waals surface area contributed by atoms with E-state index in [9.17, 15) is 14.0 Å². The number of ether oxygens (including phenoxy) is 1. The first-order valence-electron chi connectivity index (χ1n) is 9.71. The Morgan fingerprint density at radius 3 is 2.70 bits per heavy atom. The Morgan fingerprint density at radius 1 is 1.23 bits per heavy atom. The molecule has 1 aromatic carbocycles. The lowest BCUT2D eigenvalue weighted by Crippen LogP contribution is -2.43. The molecule has 156 valence electrons. The molecule has 1 aliphatic rings. The summed E-state index contributed by atoms with van der Waals surface area (Å²) in [5.41, 5.74) is 1.45. The van der Waals surface area contributed by atoms with E-state index >= 15 is 0 Å². The van der Waals surface area contributed by atoms with E-state index in [0.29, 0.717) is 30.9 Å². The number of benzene rings is 1. The van der Waals surface area contributed by atoms with Gasteiger partial charge in [-0.05, 0) is 49.7 Å². The molecular formula is C22H22FN3O4. The second-order valence-electron chi connectivity index (χ2n) is 7.54. The summed E-state index contributed by atoms with van der Waals surface area (Å²) >= 11 is 0. The summed E-state index contributed by atoms with van der Waals surface area (Å²) in [6, 6.07) is 8.84. The van der Waals surface area contributed by atoms with Gasteiger partial charge < -0.3 is 14.6 Å². The lowest BCUT2D eigenvalue weighted by Gasteiger charge is -2.19. The molecule has 1 amide bonds. The molecule has 1 saturated heterocycles. The van der Waals surface area contributed by atoms with E-state index in [1.165, 1.54) is 28.8 Å². The molecule has 3 heterocycles. The van der Waals surface area contributed by atoms with Crippen molar-refractivity contribution in [3.8, 4) is 5.69 Å². The highest BCUT2D eigenvalue weighted by Gasteiger charge is 2.32. The van der Waals surface area contributed by atoms with Crippen LogP contribution in [0.25, 0.3) is 5.69 Å². The molecule has 1 fully saturated rings. The summed E-state index contributed by atoms with van der Waals surface area (Å²) in [6.07, 6.45) is 2.16. The minimum absolute atomic E-state index is 0.0182. The van der Waals surface area contributed by atoms with Crippen molar-refractivity contribution in [2.75, 3.05) is 13.2 Å². The van der Waals surface area contributed by atoms with E-state index in [-0.39, 0.29) is 17.5 Å². The number of carbonyl (C=O) groups is 1. The van der Waals surface area contributed by atoms with Crippen molar-refractivity contribution in [2.24, 2.45) is 5.92 Å². The second-order valence-corrected chi connectivity index (χ2v) is 7.54. The second kappa shape index (κ2) is 8.23. The third-order valence-electron chi connectivity index (χ3n) is 5.29. The summed E-state index contributed by atoms with van der Waals surface area (Å²) in [5, 5.41) is 6.83. The Hall–Kier alpha value is -3.26. The topological polar surface area (TPSA) is 86.4 Å². The highest BCUT2D eigenvalue weighted by atomic mass is 19.1. The molecule has 0 saturated carbocycles. The standard InChI is InChI=1S/C22H22FN3O4/c1-13-7-8-26(17-5-3-16(23)4-6-17)22(28)20(13)21(27)24-19-12-29-11-15(19)10-18-9-14(2)25-30-18/h3-9,15,19H,10-12H2,1-2H3,(H,24,27)/t15-,19+/m1/s1. The average molecular weight is 411 g/mol. The molecule has 0 spiro atoms. The monoisotopic (exact) mass is 411 g/mol. The van der Waals surface area contributed by atoms with Crippen LogP contribution in [0.3, 0.4) is 0 Å². The number of nitrogens with zero attached hydrogens (tertiary/aromatic N) is 2. The van der Waals surface area contributed by atoms with Crippen LogP contribution < -0.4 is 10.9 Å². The molecule has 3 aromatic rings. The van der Waals surface area contributed by atoms with Crippen LogP contribution in [0.4, 0.5) is 4.39 Å². The molecular weight excluding hydrogens is 389 g/mol. The van der Waals surface area contributed by atoms with Crippen molar-refractivity contribution in [1.82, 2.24) is 15.0 Å². The first-order chi connectivity index (χ1) is 14.4. The Kier molecular flexibility index (Phi) is 5.50. The van der Waals surface area contributed by atoms with Crippen molar-refractivity contribution in [3.63, 3.8) is 0 Å². The zero-order valence-electron chi connectivity index (χ0n) is 16.7. The van der Waals surface area contributed by atoms with Gasteiger partial charge in [0.15, 0.2) is 0 Å². The molecule has 0 radical (unpaired) electrons. The number of carbonyl (C=O) groups excluding carboxylic acids is 1. The van der Waals surface area contributed by atoms with Crippen molar-refractivity contribution >= 4 is 5.91 Å². The smallest absolute Gasteiger partial charge is 0.268 e. The summed E-state index contributed by atoms with van der Waals surface area (Å²) in [6.45, 7) is 4.41. The molecule has 4 rings (SSSR count). The van der Waals surface area contributed by atoms with Crippen LogP contribution in [0.5, 0.6) is 0 Å². The van der Waals surface area contributed by atoms with Gasteiger partial charge in [0.25, 0.3) is 11.5 Å². The minimum Gasteiger partial charge on any atom is -0.379 e. The van der Waals surface area contributed by atoms with Gasteiger partial charge in [0.2, 0.25) is 0 Å². The minimum atomic E-state index is -0.458. The number of hydrogen-bond acceptors (Lipinski definition) is 5. The van der Waals surface area contributed by atoms with E-state index in [1.807, 2.05) is 13.0 Å². The Balaban J connectivity index is 1.56. The Labute approximate surface area is 172 Å². The van der Waals surface area contributed by atoms with Gasteiger partial charge in [0.05, 0.1) is 24.9 Å². The summed E-state index contributed by atoms with van der Waals surface area (Å²) < 4.78 is 25.4. The predicted molar refractivity (Wildman–Crippen MR) is 107 cm³/mol. The summed E-state index contributed by atoms with van der Waals surface area (Å²) in [4.78, 5) is 26.0. The van der Waals surface area contributed by atoms with E-state index in [2.05, 4.69) is 10.5 Å². The SMILES string of the molecule is Cc1cc(C[C@@H]2COC[C@@H]2NC(=O)c2c(C)ccn(-c3ccc(F)cc3)c2=O)on1. The largest absolute Gasteiger partial charge is 0.379 e. The molecule has 0 unspecified atom stereocenters. The van der Waals surface area contributed by atoms with E-state index in [4.69, 9.17) is 9.26 Å². The molecule has 7 nitrogen and oxygen atoms in total. The average Bonchev–Trinajstić information content (AvgIpc) is 3.32. The normalized spacial score (nSPS) is 18.5. The van der Waals surface area contributed by atoms with Gasteiger partial charge in [-0.3, -0.25) is 14.2 Å². The quantitative estimate of drug-likeness (QED) is 0.697. The molecule has 1 N–H and O–H groups in total. The lowest BCUT2D eigenvalue weighted by molar-refractivity contribution is 0.0922. The van der Waals surface area contributed by atoms with Gasteiger partial charge in [0, 0.05) is 30.3 Å². The number of pyridine rings is 1. The maximum absolute atomic E-state index is 13.2. The molecule has 2 atom stereocenters. The van der Waals surface area contributed by atoms with Gasteiger partial charge in [-0.15, -0.1) is 0 Å². The van der Waals surface area contributed by atoms with Crippen molar-refractivity contribution in [3.05, 3.63) is 81.3 Å². The van der Waals surface area contributed by atoms with Crippen LogP contribution in [-0.2, 0) is 11.2 Å². The van der Waals surface area contributed by atoms with Gasteiger partial charge in [-0.2, -0.15) is 0 Å². The van der Waals surface area contributed by atoms with Crippen molar-refractivity contribution in [1.29, 1.82) is 0 Å². The number of aryl methyl sites for hydroxylation is 2. The maximum atomic E-state index is 13.2. The van der Waals surface area contributed by atoms with Crippen LogP contribution in [0.1, 0.15) is 27.4 Å². The fraction of sp³-hybridized carbons (Fsp3) is 0.318. The molecule has 2 aromatic heterocycles. The van der Waals surface area contributed by atoms with Crippen LogP contribution in [0.2, 0.25) is 0 Å². The van der Waals surface area contributed by atoms with Crippen LogP contribution in [0, 0.1) is 25.6 Å². The van der Waals surface area contributed by atoms with Crippen LogP contribution in [-0.4, -0.2) is 34.9 Å². The zero-order valence-corrected chi connectivity index (χ0v) is 16.7. The first-order valence-corrected chi connectivity index (χ1v) is 9.71. The first kappa shape index (κ1) is 20.0. The number of hydrogen-bond donors (Lipinski definition) is 1. The fourth-order valence-electron chi connectivity index (χ4n) is 3.68. The highest BCUT2D eigenvalue weighted by Crippen LogP contribution is 2.20. The zero-order chi connectivity index (χ0) is 21.3. The summed E-state index contributed by atoms with van der Waals surface area (Å²) in [5.74, 6) is -0.101. The van der Waals surface area contributed by atoms with Crippen molar-refractivity contribution in [2.45, 2.75) is 26.3 Å². The molecule has 1 aliphatic heterocycles. The fourth-order valence-corrected chi connectivity index (χ4v) is 3.68. The van der Waals surface area contributed by atoms with Gasteiger partial charge in [-0.1, -0.05) is 5.16 Å². The number of rotatable bonds is 5. The molecule has 0 aliphatic carbocycles. The lowest BCUT2D eigenvalue weighted by atomic mass is 9.97. The van der Waals surface area contributed by atoms with E-state index in [0.717, 1.165) is 11.5 Å². The molecule has 8 heteroatoms. The third-order valence-corrected chi connectivity index (χ3v) is 5.29. The van der Waals surface area contributed by atoms with Gasteiger partial charge in [-0.25, -0.2) is 4.39 Å². The van der Waals surface area contributed by atoms with E-state index < -0.39 is 17.3 Å². The van der Waals surface area contributed by atoms with Gasteiger partial charge >= 0.3 is 0 Å².